The molecule has 20 heavy (non-hydrogen) atoms. The van der Waals surface area contributed by atoms with E-state index in [-0.39, 0.29) is 6.10 Å². The monoisotopic (exact) mass is 268 g/mol. The molecule has 1 aliphatic rings. The Morgan fingerprint density at radius 2 is 1.65 bits per heavy atom. The number of aliphatic hydroxyl groups excluding tert-OH is 1. The molecule has 2 aromatic carbocycles. The zero-order valence-electron chi connectivity index (χ0n) is 12.2. The Kier molecular flexibility index (Phi) is 3.27. The smallest absolute Gasteiger partial charge is 0.127 e. The maximum absolute atomic E-state index is 10.4. The number of benzene rings is 2. The van der Waals surface area contributed by atoms with E-state index in [4.69, 9.17) is 4.74 Å². The molecule has 0 bridgehead atoms. The fraction of sp³-hybridized carbons (Fsp3) is 0.333. The van der Waals surface area contributed by atoms with Crippen molar-refractivity contribution in [2.45, 2.75) is 39.4 Å². The molecule has 0 fully saturated rings. The van der Waals surface area contributed by atoms with E-state index in [0.29, 0.717) is 6.42 Å². The van der Waals surface area contributed by atoms with E-state index in [2.05, 4.69) is 32.0 Å². The normalized spacial score (nSPS) is 21.2. The molecule has 2 aromatic rings. The third-order valence-electron chi connectivity index (χ3n) is 4.00. The maximum atomic E-state index is 10.4. The van der Waals surface area contributed by atoms with Crippen LogP contribution in [-0.4, -0.2) is 5.11 Å². The first-order chi connectivity index (χ1) is 9.54. The lowest BCUT2D eigenvalue weighted by molar-refractivity contribution is 0.0654. The quantitative estimate of drug-likeness (QED) is 0.841. The number of aliphatic hydroxyl groups is 1. The van der Waals surface area contributed by atoms with Crippen LogP contribution in [0.1, 0.15) is 46.4 Å². The lowest BCUT2D eigenvalue weighted by Crippen LogP contribution is -2.19. The molecule has 104 valence electrons. The zero-order valence-corrected chi connectivity index (χ0v) is 12.2. The van der Waals surface area contributed by atoms with Gasteiger partial charge in [-0.15, -0.1) is 0 Å². The van der Waals surface area contributed by atoms with Gasteiger partial charge in [-0.25, -0.2) is 0 Å². The number of hydrogen-bond donors (Lipinski definition) is 1. The number of rotatable bonds is 1. The second-order valence-corrected chi connectivity index (χ2v) is 5.76. The Bertz CT molecular complexity index is 646. The van der Waals surface area contributed by atoms with Crippen molar-refractivity contribution in [3.05, 3.63) is 64.2 Å². The van der Waals surface area contributed by atoms with Crippen LogP contribution >= 0.6 is 0 Å². The third kappa shape index (κ3) is 2.32. The molecule has 2 nitrogen and oxygen atoms in total. The molecule has 0 radical (unpaired) electrons. The first-order valence-electron chi connectivity index (χ1n) is 7.07. The van der Waals surface area contributed by atoms with Crippen molar-refractivity contribution in [3.8, 4) is 5.75 Å². The molecule has 0 aromatic heterocycles. The van der Waals surface area contributed by atoms with Crippen molar-refractivity contribution in [1.29, 1.82) is 0 Å². The van der Waals surface area contributed by atoms with Gasteiger partial charge in [0.05, 0.1) is 6.10 Å². The summed E-state index contributed by atoms with van der Waals surface area (Å²) in [5, 5.41) is 10.4. The van der Waals surface area contributed by atoms with Gasteiger partial charge in [0.2, 0.25) is 0 Å². The fourth-order valence-electron chi connectivity index (χ4n) is 2.94. The molecule has 1 N–H and O–H groups in total. The summed E-state index contributed by atoms with van der Waals surface area (Å²) in [5.41, 5.74) is 5.69. The highest BCUT2D eigenvalue weighted by molar-refractivity contribution is 5.42. The zero-order chi connectivity index (χ0) is 14.3. The van der Waals surface area contributed by atoms with Crippen LogP contribution in [0.2, 0.25) is 0 Å². The van der Waals surface area contributed by atoms with Crippen LogP contribution in [0.25, 0.3) is 0 Å². The Morgan fingerprint density at radius 3 is 2.40 bits per heavy atom. The summed E-state index contributed by atoms with van der Waals surface area (Å²) in [6, 6.07) is 12.4. The molecular formula is C18H20O2. The summed E-state index contributed by atoms with van der Waals surface area (Å²) < 4.78 is 6.10. The first-order valence-corrected chi connectivity index (χ1v) is 7.07. The highest BCUT2D eigenvalue weighted by atomic mass is 16.5. The van der Waals surface area contributed by atoms with Crippen LogP contribution in [0, 0.1) is 20.8 Å². The van der Waals surface area contributed by atoms with Gasteiger partial charge in [0.25, 0.3) is 0 Å². The van der Waals surface area contributed by atoms with Crippen LogP contribution < -0.4 is 4.74 Å². The van der Waals surface area contributed by atoms with E-state index in [1.54, 1.807) is 0 Å². The van der Waals surface area contributed by atoms with Gasteiger partial charge >= 0.3 is 0 Å². The largest absolute Gasteiger partial charge is 0.485 e. The average molecular weight is 268 g/mol. The number of fused-ring (bicyclic) bond motifs is 1. The van der Waals surface area contributed by atoms with Gasteiger partial charge in [-0.05, 0) is 44.0 Å². The van der Waals surface area contributed by atoms with Gasteiger partial charge in [-0.2, -0.15) is 0 Å². The summed E-state index contributed by atoms with van der Waals surface area (Å²) in [5.74, 6) is 0.805. The molecular weight excluding hydrogens is 248 g/mol. The highest BCUT2D eigenvalue weighted by Crippen LogP contribution is 2.41. The predicted molar refractivity (Wildman–Crippen MR) is 80.0 cm³/mol. The van der Waals surface area contributed by atoms with Gasteiger partial charge in [0.15, 0.2) is 0 Å². The minimum Gasteiger partial charge on any atom is -0.485 e. The number of ether oxygens (including phenoxy) is 1. The first kappa shape index (κ1) is 13.2. The molecule has 1 heterocycles. The van der Waals surface area contributed by atoms with E-state index in [9.17, 15) is 5.11 Å². The Labute approximate surface area is 120 Å². The minimum absolute atomic E-state index is 0.0687. The van der Waals surface area contributed by atoms with E-state index in [1.165, 1.54) is 16.7 Å². The minimum atomic E-state index is -0.454. The molecule has 0 saturated carbocycles. The van der Waals surface area contributed by atoms with Gasteiger partial charge in [-0.1, -0.05) is 35.4 Å². The standard InChI is InChI=1S/C18H20O2/c1-11-4-6-14(13(3)8-11)18-10-16(19)15-9-12(2)5-7-17(15)20-18/h4-9,16,18-19H,10H2,1-3H3/t16-,18?/m0/s1. The lowest BCUT2D eigenvalue weighted by atomic mass is 9.91. The second kappa shape index (κ2) is 4.95. The topological polar surface area (TPSA) is 29.5 Å². The van der Waals surface area contributed by atoms with Crippen molar-refractivity contribution in [3.63, 3.8) is 0 Å². The summed E-state index contributed by atoms with van der Waals surface area (Å²) in [6.45, 7) is 6.22. The van der Waals surface area contributed by atoms with Crippen LogP contribution in [-0.2, 0) is 0 Å². The molecule has 1 aliphatic heterocycles. The van der Waals surface area contributed by atoms with Crippen molar-refractivity contribution in [2.24, 2.45) is 0 Å². The fourth-order valence-corrected chi connectivity index (χ4v) is 2.94. The molecule has 0 spiro atoms. The SMILES string of the molecule is Cc1ccc(C2C[C@H](O)c3cc(C)ccc3O2)c(C)c1. The summed E-state index contributed by atoms with van der Waals surface area (Å²) in [6.07, 6.45) is 0.0885. The molecule has 1 unspecified atom stereocenters. The third-order valence-corrected chi connectivity index (χ3v) is 4.00. The highest BCUT2D eigenvalue weighted by Gasteiger charge is 2.28. The van der Waals surface area contributed by atoms with E-state index < -0.39 is 6.10 Å². The van der Waals surface area contributed by atoms with Crippen molar-refractivity contribution in [2.75, 3.05) is 0 Å². The Balaban J connectivity index is 1.97. The summed E-state index contributed by atoms with van der Waals surface area (Å²) in [7, 11) is 0. The molecule has 3 rings (SSSR count). The van der Waals surface area contributed by atoms with Crippen LogP contribution in [0.4, 0.5) is 0 Å². The number of hydrogen-bond acceptors (Lipinski definition) is 2. The molecule has 0 amide bonds. The molecule has 0 saturated heterocycles. The van der Waals surface area contributed by atoms with Gasteiger partial charge < -0.3 is 9.84 Å². The summed E-state index contributed by atoms with van der Waals surface area (Å²) in [4.78, 5) is 0. The van der Waals surface area contributed by atoms with Gasteiger partial charge in [-0.3, -0.25) is 0 Å². The second-order valence-electron chi connectivity index (χ2n) is 5.76. The summed E-state index contributed by atoms with van der Waals surface area (Å²) >= 11 is 0. The van der Waals surface area contributed by atoms with Crippen LogP contribution in [0.5, 0.6) is 5.75 Å². The molecule has 2 atom stereocenters. The lowest BCUT2D eigenvalue weighted by Gasteiger charge is -2.31. The Hall–Kier alpha value is -1.80. The molecule has 2 heteroatoms. The van der Waals surface area contributed by atoms with E-state index in [0.717, 1.165) is 16.9 Å². The van der Waals surface area contributed by atoms with Gasteiger partial charge in [0, 0.05) is 12.0 Å². The van der Waals surface area contributed by atoms with Crippen molar-refractivity contribution < 1.29 is 9.84 Å². The number of aryl methyl sites for hydroxylation is 3. The van der Waals surface area contributed by atoms with Crippen LogP contribution in [0.3, 0.4) is 0 Å². The van der Waals surface area contributed by atoms with Crippen LogP contribution in [0.15, 0.2) is 36.4 Å². The Morgan fingerprint density at radius 1 is 0.950 bits per heavy atom. The average Bonchev–Trinajstić information content (AvgIpc) is 2.39. The van der Waals surface area contributed by atoms with Crippen molar-refractivity contribution >= 4 is 0 Å². The molecule has 0 aliphatic carbocycles. The maximum Gasteiger partial charge on any atom is 0.127 e. The van der Waals surface area contributed by atoms with E-state index >= 15 is 0 Å². The van der Waals surface area contributed by atoms with Gasteiger partial charge in [0.1, 0.15) is 11.9 Å². The predicted octanol–water partition coefficient (Wildman–Crippen LogP) is 4.17. The van der Waals surface area contributed by atoms with Crippen molar-refractivity contribution in [1.82, 2.24) is 0 Å². The van der Waals surface area contributed by atoms with E-state index in [1.807, 2.05) is 25.1 Å².